The molecule has 0 aliphatic carbocycles. The number of benzene rings is 2. The summed E-state index contributed by atoms with van der Waals surface area (Å²) < 4.78 is 2.04. The molecule has 2 heterocycles. The highest BCUT2D eigenvalue weighted by Gasteiger charge is 2.26. The summed E-state index contributed by atoms with van der Waals surface area (Å²) in [6.07, 6.45) is 8.21. The van der Waals surface area contributed by atoms with Crippen LogP contribution in [0.25, 0.3) is 16.8 Å². The molecule has 4 rings (SSSR count). The van der Waals surface area contributed by atoms with Gasteiger partial charge in [-0.05, 0) is 36.1 Å². The fraction of sp³-hybridized carbons (Fsp3) is 0.200. The molecule has 1 saturated heterocycles. The quantitative estimate of drug-likeness (QED) is 0.682. The number of hydrogen-bond acceptors (Lipinski definition) is 3. The van der Waals surface area contributed by atoms with E-state index in [1.54, 1.807) is 0 Å². The first-order chi connectivity index (χ1) is 11.8. The van der Waals surface area contributed by atoms with Crippen molar-refractivity contribution < 1.29 is 0 Å². The molecule has 0 radical (unpaired) electrons. The molecule has 1 fully saturated rings. The Morgan fingerprint density at radius 3 is 2.71 bits per heavy atom. The molecule has 4 heteroatoms. The van der Waals surface area contributed by atoms with Gasteiger partial charge in [-0.1, -0.05) is 42.5 Å². The van der Waals surface area contributed by atoms with E-state index in [2.05, 4.69) is 47.6 Å². The summed E-state index contributed by atoms with van der Waals surface area (Å²) >= 11 is 0. The van der Waals surface area contributed by atoms with Gasteiger partial charge in [0.25, 0.3) is 0 Å². The zero-order valence-corrected chi connectivity index (χ0v) is 13.3. The molecule has 0 unspecified atom stereocenters. The molecule has 118 valence electrons. The van der Waals surface area contributed by atoms with E-state index in [9.17, 15) is 5.26 Å². The first kappa shape index (κ1) is 14.5. The van der Waals surface area contributed by atoms with Gasteiger partial charge in [-0.2, -0.15) is 5.26 Å². The smallest absolute Gasteiger partial charge is 0.179 e. The standard InChI is InChI=1S/C20H18N4/c21-14-23-11-5-10-20(23)19-13-24(15-22-19)18-9-4-8-17(12-18)16-6-2-1-3-7-16/h1-4,6-9,12-13,15,20H,5,10-11H2/t20-/m0/s1. The van der Waals surface area contributed by atoms with Gasteiger partial charge >= 0.3 is 0 Å². The van der Waals surface area contributed by atoms with E-state index in [1.807, 2.05) is 40.2 Å². The summed E-state index contributed by atoms with van der Waals surface area (Å²) in [7, 11) is 0. The maximum Gasteiger partial charge on any atom is 0.179 e. The first-order valence-electron chi connectivity index (χ1n) is 8.21. The van der Waals surface area contributed by atoms with Crippen molar-refractivity contribution in [2.45, 2.75) is 18.9 Å². The lowest BCUT2D eigenvalue weighted by atomic mass is 10.1. The van der Waals surface area contributed by atoms with Crippen LogP contribution in [-0.2, 0) is 0 Å². The van der Waals surface area contributed by atoms with Crippen LogP contribution in [0.5, 0.6) is 0 Å². The van der Waals surface area contributed by atoms with Crippen LogP contribution in [0.15, 0.2) is 67.1 Å². The van der Waals surface area contributed by atoms with E-state index in [-0.39, 0.29) is 6.04 Å². The Morgan fingerprint density at radius 2 is 1.88 bits per heavy atom. The highest BCUT2D eigenvalue weighted by atomic mass is 15.2. The van der Waals surface area contributed by atoms with Crippen molar-refractivity contribution in [1.82, 2.24) is 14.5 Å². The minimum atomic E-state index is 0.119. The van der Waals surface area contributed by atoms with E-state index in [0.717, 1.165) is 30.8 Å². The average Bonchev–Trinajstić information content (AvgIpc) is 3.31. The van der Waals surface area contributed by atoms with E-state index in [0.29, 0.717) is 0 Å². The van der Waals surface area contributed by atoms with Gasteiger partial charge in [0, 0.05) is 18.4 Å². The molecule has 2 aromatic carbocycles. The van der Waals surface area contributed by atoms with Crippen molar-refractivity contribution in [1.29, 1.82) is 5.26 Å². The number of hydrogen-bond donors (Lipinski definition) is 0. The highest BCUT2D eigenvalue weighted by molar-refractivity contribution is 5.65. The number of likely N-dealkylation sites (tertiary alicyclic amines) is 1. The van der Waals surface area contributed by atoms with Gasteiger partial charge in [0.15, 0.2) is 6.19 Å². The summed E-state index contributed by atoms with van der Waals surface area (Å²) in [6.45, 7) is 0.831. The third-order valence-corrected chi connectivity index (χ3v) is 4.58. The summed E-state index contributed by atoms with van der Waals surface area (Å²) in [5.74, 6) is 0. The Balaban J connectivity index is 1.65. The van der Waals surface area contributed by atoms with Crippen LogP contribution in [-0.4, -0.2) is 21.0 Å². The second-order valence-electron chi connectivity index (χ2n) is 6.07. The normalized spacial score (nSPS) is 17.0. The summed E-state index contributed by atoms with van der Waals surface area (Å²) in [4.78, 5) is 6.37. The van der Waals surface area contributed by atoms with Gasteiger partial charge in [0.1, 0.15) is 0 Å². The van der Waals surface area contributed by atoms with Gasteiger partial charge in [-0.3, -0.25) is 0 Å². The molecule has 1 aliphatic heterocycles. The van der Waals surface area contributed by atoms with Crippen LogP contribution < -0.4 is 0 Å². The fourth-order valence-electron chi connectivity index (χ4n) is 3.32. The van der Waals surface area contributed by atoms with Crippen LogP contribution >= 0.6 is 0 Å². The maximum atomic E-state index is 9.23. The minimum Gasteiger partial charge on any atom is -0.306 e. The third kappa shape index (κ3) is 2.65. The Morgan fingerprint density at radius 1 is 1.04 bits per heavy atom. The van der Waals surface area contributed by atoms with Crippen molar-refractivity contribution in [3.63, 3.8) is 0 Å². The van der Waals surface area contributed by atoms with Crippen molar-refractivity contribution in [3.8, 4) is 23.0 Å². The van der Waals surface area contributed by atoms with Gasteiger partial charge in [-0.25, -0.2) is 4.98 Å². The van der Waals surface area contributed by atoms with Crippen LogP contribution in [0.3, 0.4) is 0 Å². The van der Waals surface area contributed by atoms with E-state index in [1.165, 1.54) is 11.1 Å². The number of nitrogens with zero attached hydrogens (tertiary/aromatic N) is 4. The molecule has 0 spiro atoms. The Hall–Kier alpha value is -3.06. The molecule has 1 aromatic heterocycles. The second kappa shape index (κ2) is 6.21. The average molecular weight is 314 g/mol. The molecular formula is C20H18N4. The molecule has 1 aliphatic rings. The van der Waals surface area contributed by atoms with Crippen LogP contribution in [0.4, 0.5) is 0 Å². The molecule has 1 atom stereocenters. The van der Waals surface area contributed by atoms with Crippen LogP contribution in [0, 0.1) is 11.5 Å². The van der Waals surface area contributed by atoms with Gasteiger partial charge in [0.05, 0.1) is 18.1 Å². The van der Waals surface area contributed by atoms with Crippen LogP contribution in [0.2, 0.25) is 0 Å². The number of rotatable bonds is 3. The molecule has 0 amide bonds. The number of aromatic nitrogens is 2. The van der Waals surface area contributed by atoms with Gasteiger partial charge < -0.3 is 9.47 Å². The molecular weight excluding hydrogens is 296 g/mol. The molecule has 4 nitrogen and oxygen atoms in total. The lowest BCUT2D eigenvalue weighted by Crippen LogP contribution is -2.17. The first-order valence-corrected chi connectivity index (χ1v) is 8.21. The van der Waals surface area contributed by atoms with Crippen LogP contribution in [0.1, 0.15) is 24.6 Å². The number of imidazole rings is 1. The SMILES string of the molecule is N#CN1CCC[C@H]1c1cn(-c2cccc(-c3ccccc3)c2)cn1. The topological polar surface area (TPSA) is 44.9 Å². The minimum absolute atomic E-state index is 0.119. The lowest BCUT2D eigenvalue weighted by Gasteiger charge is -2.15. The fourth-order valence-corrected chi connectivity index (χ4v) is 3.32. The van der Waals surface area contributed by atoms with Crippen molar-refractivity contribution in [2.75, 3.05) is 6.54 Å². The second-order valence-corrected chi connectivity index (χ2v) is 6.07. The predicted molar refractivity (Wildman–Crippen MR) is 93.3 cm³/mol. The third-order valence-electron chi connectivity index (χ3n) is 4.58. The summed E-state index contributed by atoms with van der Waals surface area (Å²) in [5.41, 5.74) is 4.43. The summed E-state index contributed by atoms with van der Waals surface area (Å²) in [6, 6.07) is 18.9. The molecule has 0 N–H and O–H groups in total. The van der Waals surface area contributed by atoms with Gasteiger partial charge in [-0.15, -0.1) is 0 Å². The predicted octanol–water partition coefficient (Wildman–Crippen LogP) is 4.16. The zero-order valence-electron chi connectivity index (χ0n) is 13.3. The Kier molecular flexibility index (Phi) is 3.76. The number of nitriles is 1. The van der Waals surface area contributed by atoms with Gasteiger partial charge in [0.2, 0.25) is 0 Å². The maximum absolute atomic E-state index is 9.23. The molecule has 24 heavy (non-hydrogen) atoms. The Bertz CT molecular complexity index is 876. The largest absolute Gasteiger partial charge is 0.306 e. The Labute approximate surface area is 141 Å². The van der Waals surface area contributed by atoms with E-state index < -0.39 is 0 Å². The molecule has 0 bridgehead atoms. The van der Waals surface area contributed by atoms with Crippen molar-refractivity contribution in [2.24, 2.45) is 0 Å². The monoisotopic (exact) mass is 314 g/mol. The van der Waals surface area contributed by atoms with Crippen molar-refractivity contribution >= 4 is 0 Å². The summed E-state index contributed by atoms with van der Waals surface area (Å²) in [5, 5.41) is 9.23. The molecule has 3 aromatic rings. The highest BCUT2D eigenvalue weighted by Crippen LogP contribution is 2.30. The van der Waals surface area contributed by atoms with E-state index in [4.69, 9.17) is 0 Å². The van der Waals surface area contributed by atoms with Crippen molar-refractivity contribution in [3.05, 3.63) is 72.8 Å². The molecule has 0 saturated carbocycles. The lowest BCUT2D eigenvalue weighted by molar-refractivity contribution is 0.368. The zero-order chi connectivity index (χ0) is 16.4. The van der Waals surface area contributed by atoms with E-state index >= 15 is 0 Å².